The summed E-state index contributed by atoms with van der Waals surface area (Å²) < 4.78 is 29.4. The number of nitrogens with two attached hydrogens (primary N) is 1. The van der Waals surface area contributed by atoms with Crippen LogP contribution in [-0.4, -0.2) is 38.1 Å². The van der Waals surface area contributed by atoms with Gasteiger partial charge in [-0.25, -0.2) is 13.6 Å². The molecule has 1 unspecified atom stereocenters. The monoisotopic (exact) mass is 315 g/mol. The van der Waals surface area contributed by atoms with E-state index in [0.717, 1.165) is 12.8 Å². The molecule has 2 heterocycles. The summed E-state index contributed by atoms with van der Waals surface area (Å²) in [5, 5.41) is 7.99. The van der Waals surface area contributed by atoms with E-state index >= 15 is 0 Å². The summed E-state index contributed by atoms with van der Waals surface area (Å²) in [4.78, 5) is 12.2. The van der Waals surface area contributed by atoms with Crippen LogP contribution in [0.4, 0.5) is 0 Å². The second-order valence-electron chi connectivity index (χ2n) is 5.43. The molecule has 1 aliphatic rings. The molecule has 1 saturated heterocycles. The summed E-state index contributed by atoms with van der Waals surface area (Å²) in [7, 11) is -2.19. The van der Waals surface area contributed by atoms with Crippen molar-refractivity contribution in [1.29, 1.82) is 0 Å². The van der Waals surface area contributed by atoms with E-state index in [1.807, 2.05) is 6.92 Å². The van der Waals surface area contributed by atoms with Gasteiger partial charge < -0.3 is 14.6 Å². The molecular weight excluding hydrogens is 294 g/mol. The smallest absolute Gasteiger partial charge is 0.268 e. The van der Waals surface area contributed by atoms with E-state index < -0.39 is 10.0 Å². The van der Waals surface area contributed by atoms with E-state index in [0.29, 0.717) is 19.1 Å². The molecule has 1 aliphatic heterocycles. The highest BCUT2D eigenvalue weighted by Gasteiger charge is 2.24. The van der Waals surface area contributed by atoms with Crippen molar-refractivity contribution < 1.29 is 17.9 Å². The predicted octanol–water partition coefficient (Wildman–Crippen LogP) is 0.217. The minimum absolute atomic E-state index is 0.00855. The molecule has 21 heavy (non-hydrogen) atoms. The number of aryl methyl sites for hydroxylation is 1. The fourth-order valence-corrected chi connectivity index (χ4v) is 3.11. The molecule has 0 aliphatic carbocycles. The molecule has 0 bridgehead atoms. The maximum atomic E-state index is 12.3. The molecule has 1 atom stereocenters. The lowest BCUT2D eigenvalue weighted by Crippen LogP contribution is -2.40. The van der Waals surface area contributed by atoms with Crippen LogP contribution in [-0.2, 0) is 21.8 Å². The van der Waals surface area contributed by atoms with Crippen LogP contribution in [0.25, 0.3) is 0 Å². The number of primary sulfonamides is 1. The van der Waals surface area contributed by atoms with Gasteiger partial charge in [-0.2, -0.15) is 0 Å². The van der Waals surface area contributed by atoms with Crippen molar-refractivity contribution in [3.8, 4) is 0 Å². The summed E-state index contributed by atoms with van der Waals surface area (Å²) in [6, 6.07) is 1.30. The second-order valence-corrected chi connectivity index (χ2v) is 6.99. The van der Waals surface area contributed by atoms with Crippen LogP contribution in [0.5, 0.6) is 0 Å². The van der Waals surface area contributed by atoms with Gasteiger partial charge in [0.15, 0.2) is 0 Å². The topological polar surface area (TPSA) is 103 Å². The summed E-state index contributed by atoms with van der Waals surface area (Å²) >= 11 is 0. The number of aromatic nitrogens is 1. The number of rotatable bonds is 4. The van der Waals surface area contributed by atoms with Gasteiger partial charge in [0.05, 0.1) is 0 Å². The Labute approximate surface area is 124 Å². The van der Waals surface area contributed by atoms with Crippen molar-refractivity contribution in [2.75, 3.05) is 13.2 Å². The van der Waals surface area contributed by atoms with Gasteiger partial charge >= 0.3 is 0 Å². The summed E-state index contributed by atoms with van der Waals surface area (Å²) in [5.74, 6) is 0.0760. The van der Waals surface area contributed by atoms with Crippen LogP contribution in [0, 0.1) is 5.92 Å². The van der Waals surface area contributed by atoms with E-state index in [1.54, 1.807) is 7.05 Å². The van der Waals surface area contributed by atoms with Gasteiger partial charge in [0.2, 0.25) is 10.0 Å². The van der Waals surface area contributed by atoms with Crippen LogP contribution < -0.4 is 10.5 Å². The average molecular weight is 315 g/mol. The molecule has 1 fully saturated rings. The highest BCUT2D eigenvalue weighted by molar-refractivity contribution is 7.89. The normalized spacial score (nSPS) is 18.4. The first kappa shape index (κ1) is 16.0. The minimum Gasteiger partial charge on any atom is -0.381 e. The first-order valence-electron chi connectivity index (χ1n) is 6.87. The highest BCUT2D eigenvalue weighted by atomic mass is 32.2. The highest BCUT2D eigenvalue weighted by Crippen LogP contribution is 2.19. The predicted molar refractivity (Wildman–Crippen MR) is 77.3 cm³/mol. The summed E-state index contributed by atoms with van der Waals surface area (Å²) in [6.07, 6.45) is 3.16. The lowest BCUT2D eigenvalue weighted by atomic mass is 9.93. The summed E-state index contributed by atoms with van der Waals surface area (Å²) in [5.41, 5.74) is 0.276. The van der Waals surface area contributed by atoms with Gasteiger partial charge in [-0.1, -0.05) is 0 Å². The minimum atomic E-state index is -3.80. The van der Waals surface area contributed by atoms with Crippen molar-refractivity contribution >= 4 is 15.9 Å². The van der Waals surface area contributed by atoms with Crippen molar-refractivity contribution in [3.63, 3.8) is 0 Å². The van der Waals surface area contributed by atoms with Crippen molar-refractivity contribution in [2.24, 2.45) is 18.1 Å². The molecule has 1 aromatic rings. The standard InChI is InChI=1S/C13H21N3O4S/c1-9(10-3-5-20-6-4-10)15-13(17)12-7-11(8-16(12)2)21(14,18)19/h7-10H,3-6H2,1-2H3,(H,15,17)(H2,14,18,19). The van der Waals surface area contributed by atoms with Gasteiger partial charge in [-0.05, 0) is 31.7 Å². The first-order valence-corrected chi connectivity index (χ1v) is 8.41. The number of nitrogens with zero attached hydrogens (tertiary/aromatic N) is 1. The van der Waals surface area contributed by atoms with E-state index in [-0.39, 0.29) is 22.5 Å². The average Bonchev–Trinajstić information content (AvgIpc) is 2.82. The number of carbonyl (C=O) groups excluding carboxylic acids is 1. The lowest BCUT2D eigenvalue weighted by molar-refractivity contribution is 0.0537. The molecule has 0 saturated carbocycles. The Balaban J connectivity index is 2.08. The molecule has 118 valence electrons. The molecule has 8 heteroatoms. The molecule has 0 spiro atoms. The maximum absolute atomic E-state index is 12.3. The Kier molecular flexibility index (Phi) is 4.70. The number of amides is 1. The molecule has 2 rings (SSSR count). The Morgan fingerprint density at radius 1 is 1.48 bits per heavy atom. The van der Waals surface area contributed by atoms with Crippen molar-refractivity contribution in [1.82, 2.24) is 9.88 Å². The fraction of sp³-hybridized carbons (Fsp3) is 0.615. The molecular formula is C13H21N3O4S. The van der Waals surface area contributed by atoms with Gasteiger partial charge in [-0.15, -0.1) is 0 Å². The van der Waals surface area contributed by atoms with Crippen LogP contribution in [0.15, 0.2) is 17.2 Å². The SMILES string of the molecule is CC(NC(=O)c1cc(S(N)(=O)=O)cn1C)C1CCOCC1. The number of carbonyl (C=O) groups is 1. The fourth-order valence-electron chi connectivity index (χ4n) is 2.53. The first-order chi connectivity index (χ1) is 9.79. The Hall–Kier alpha value is -1.38. The van der Waals surface area contributed by atoms with E-state index in [4.69, 9.17) is 9.88 Å². The molecule has 1 amide bonds. The zero-order chi connectivity index (χ0) is 15.6. The molecule has 7 nitrogen and oxygen atoms in total. The van der Waals surface area contributed by atoms with Crippen LogP contribution in [0.3, 0.4) is 0 Å². The van der Waals surface area contributed by atoms with Crippen LogP contribution in [0.2, 0.25) is 0 Å². The van der Waals surface area contributed by atoms with Gasteiger partial charge in [-0.3, -0.25) is 4.79 Å². The number of sulfonamides is 1. The Bertz CT molecular complexity index is 617. The van der Waals surface area contributed by atoms with E-state index in [1.165, 1.54) is 16.8 Å². The third kappa shape index (κ3) is 3.84. The molecule has 3 N–H and O–H groups in total. The summed E-state index contributed by atoms with van der Waals surface area (Å²) in [6.45, 7) is 3.38. The largest absolute Gasteiger partial charge is 0.381 e. The van der Waals surface area contributed by atoms with Crippen molar-refractivity contribution in [3.05, 3.63) is 18.0 Å². The third-order valence-electron chi connectivity index (χ3n) is 3.87. The number of nitrogens with one attached hydrogen (secondary N) is 1. The number of hydrogen-bond acceptors (Lipinski definition) is 4. The quantitative estimate of drug-likeness (QED) is 0.829. The van der Waals surface area contributed by atoms with E-state index in [9.17, 15) is 13.2 Å². The third-order valence-corrected chi connectivity index (χ3v) is 4.75. The zero-order valence-corrected chi connectivity index (χ0v) is 13.0. The van der Waals surface area contributed by atoms with Crippen molar-refractivity contribution in [2.45, 2.75) is 30.7 Å². The van der Waals surface area contributed by atoms with E-state index in [2.05, 4.69) is 5.32 Å². The Morgan fingerprint density at radius 2 is 2.10 bits per heavy atom. The Morgan fingerprint density at radius 3 is 2.62 bits per heavy atom. The maximum Gasteiger partial charge on any atom is 0.268 e. The number of ether oxygens (including phenoxy) is 1. The van der Waals surface area contributed by atoms with Crippen LogP contribution >= 0.6 is 0 Å². The van der Waals surface area contributed by atoms with Gasteiger partial charge in [0, 0.05) is 32.5 Å². The van der Waals surface area contributed by atoms with Gasteiger partial charge in [0.1, 0.15) is 10.6 Å². The van der Waals surface area contributed by atoms with Gasteiger partial charge in [0.25, 0.3) is 5.91 Å². The zero-order valence-electron chi connectivity index (χ0n) is 12.2. The second kappa shape index (κ2) is 6.17. The molecule has 1 aromatic heterocycles. The lowest BCUT2D eigenvalue weighted by Gasteiger charge is -2.28. The van der Waals surface area contributed by atoms with Crippen LogP contribution in [0.1, 0.15) is 30.3 Å². The molecule has 0 radical (unpaired) electrons. The number of hydrogen-bond donors (Lipinski definition) is 2. The molecule has 0 aromatic carbocycles.